The third-order valence-corrected chi connectivity index (χ3v) is 6.14. The Hall–Kier alpha value is -3.85. The van der Waals surface area contributed by atoms with Gasteiger partial charge in [0.1, 0.15) is 23.9 Å². The number of aryl methyl sites for hydroxylation is 1. The zero-order chi connectivity index (χ0) is 24.9. The molecule has 0 bridgehead atoms. The fraction of sp³-hybridized carbons (Fsp3) is 0.400. The molecule has 0 spiro atoms. The number of nitrogens with two attached hydrogens (primary N) is 1. The quantitative estimate of drug-likeness (QED) is 0.247. The van der Waals surface area contributed by atoms with E-state index in [1.807, 2.05) is 29.1 Å². The molecule has 3 atom stereocenters. The maximum atomic E-state index is 10.1. The molecule has 0 radical (unpaired) electrons. The van der Waals surface area contributed by atoms with Gasteiger partial charge in [-0.2, -0.15) is 5.10 Å². The first-order valence-corrected chi connectivity index (χ1v) is 12.0. The van der Waals surface area contributed by atoms with Crippen LogP contribution < -0.4 is 5.73 Å². The monoisotopic (exact) mass is 488 g/mol. The van der Waals surface area contributed by atoms with E-state index in [0.717, 1.165) is 25.0 Å². The number of unbranched alkanes of at least 4 members (excludes halogenated alkanes) is 2. The summed E-state index contributed by atoms with van der Waals surface area (Å²) in [5, 5.41) is 33.1. The van der Waals surface area contributed by atoms with Crippen molar-refractivity contribution in [2.75, 3.05) is 12.3 Å². The van der Waals surface area contributed by atoms with Crippen LogP contribution >= 0.6 is 0 Å². The van der Waals surface area contributed by atoms with Gasteiger partial charge in [-0.15, -0.1) is 5.10 Å². The fourth-order valence-corrected chi connectivity index (χ4v) is 4.28. The first kappa shape index (κ1) is 23.9. The van der Waals surface area contributed by atoms with Crippen molar-refractivity contribution in [3.8, 4) is 11.8 Å². The van der Waals surface area contributed by atoms with Crippen LogP contribution in [0.2, 0.25) is 0 Å². The van der Waals surface area contributed by atoms with E-state index in [0.29, 0.717) is 29.7 Å². The van der Waals surface area contributed by atoms with Crippen molar-refractivity contribution >= 4 is 16.9 Å². The number of hydrogen-bond acceptors (Lipinski definition) is 9. The second kappa shape index (κ2) is 10.8. The molecule has 4 heterocycles. The van der Waals surface area contributed by atoms with E-state index in [1.54, 1.807) is 4.68 Å². The molecule has 1 fully saturated rings. The van der Waals surface area contributed by atoms with Crippen molar-refractivity contribution in [1.82, 2.24) is 34.7 Å². The summed E-state index contributed by atoms with van der Waals surface area (Å²) in [6.07, 6.45) is 4.98. The molecule has 0 unspecified atom stereocenters. The van der Waals surface area contributed by atoms with Crippen LogP contribution in [-0.2, 0) is 17.7 Å². The van der Waals surface area contributed by atoms with Gasteiger partial charge in [0.15, 0.2) is 11.9 Å². The fourth-order valence-electron chi connectivity index (χ4n) is 4.28. The Kier molecular flexibility index (Phi) is 7.18. The zero-order valence-corrected chi connectivity index (χ0v) is 19.7. The lowest BCUT2D eigenvalue weighted by Gasteiger charge is -2.12. The van der Waals surface area contributed by atoms with Gasteiger partial charge < -0.3 is 20.7 Å². The molecule has 11 heteroatoms. The maximum Gasteiger partial charge on any atom is 0.167 e. The van der Waals surface area contributed by atoms with Gasteiger partial charge in [-0.1, -0.05) is 41.5 Å². The van der Waals surface area contributed by atoms with E-state index in [4.69, 9.17) is 10.5 Å². The molecule has 0 aliphatic carbocycles. The number of fused-ring (bicyclic) bond motifs is 1. The Morgan fingerprint density at radius 2 is 2.03 bits per heavy atom. The number of rotatable bonds is 8. The van der Waals surface area contributed by atoms with E-state index in [1.165, 1.54) is 11.9 Å². The number of ether oxygens (including phenoxy) is 1. The lowest BCUT2D eigenvalue weighted by atomic mass is 10.1. The van der Waals surface area contributed by atoms with E-state index < -0.39 is 18.4 Å². The van der Waals surface area contributed by atoms with Gasteiger partial charge in [0.05, 0.1) is 30.3 Å². The molecule has 1 aliphatic heterocycles. The predicted octanol–water partition coefficient (Wildman–Crippen LogP) is 1.45. The first-order chi connectivity index (χ1) is 17.6. The summed E-state index contributed by atoms with van der Waals surface area (Å²) >= 11 is 0. The second-order valence-corrected chi connectivity index (χ2v) is 8.77. The Bertz CT molecular complexity index is 1370. The van der Waals surface area contributed by atoms with Gasteiger partial charge in [0, 0.05) is 19.0 Å². The van der Waals surface area contributed by atoms with E-state index in [9.17, 15) is 10.2 Å². The van der Waals surface area contributed by atoms with Crippen LogP contribution in [0.5, 0.6) is 0 Å². The van der Waals surface area contributed by atoms with Crippen molar-refractivity contribution in [2.24, 2.45) is 0 Å². The van der Waals surface area contributed by atoms with E-state index in [-0.39, 0.29) is 18.8 Å². The second-order valence-electron chi connectivity index (χ2n) is 8.77. The molecule has 1 aliphatic rings. The molecule has 1 saturated heterocycles. The summed E-state index contributed by atoms with van der Waals surface area (Å²) in [6.45, 7) is 0.433. The molecular formula is C25H28N8O3. The molecule has 11 nitrogen and oxygen atoms in total. The van der Waals surface area contributed by atoms with Gasteiger partial charge >= 0.3 is 0 Å². The molecule has 5 rings (SSSR count). The van der Waals surface area contributed by atoms with Crippen LogP contribution in [0.15, 0.2) is 42.9 Å². The van der Waals surface area contributed by atoms with Crippen LogP contribution in [-0.4, -0.2) is 63.8 Å². The standard InChI is InChI=1S/C25H28N8O3/c26-24-23-19(30-33(25(23)28-16-27-24)22-12-20(35)21(15-34)36-22)11-7-2-1-6-10-18-14-32(31-29-18)13-17-8-4-3-5-9-17/h3-5,8-9,14,16,20-22,34-35H,1-2,6,10,12-13,15H2,(H2,26,27,28)/t20-,21+,22+/m0/s1. The smallest absolute Gasteiger partial charge is 0.167 e. The highest BCUT2D eigenvalue weighted by molar-refractivity contribution is 5.90. The van der Waals surface area contributed by atoms with Crippen LogP contribution in [0.25, 0.3) is 11.0 Å². The molecule has 36 heavy (non-hydrogen) atoms. The van der Waals surface area contributed by atoms with Crippen LogP contribution in [0, 0.1) is 11.8 Å². The van der Waals surface area contributed by atoms with E-state index in [2.05, 4.69) is 49.4 Å². The number of aliphatic hydroxyl groups is 2. The third kappa shape index (κ3) is 5.21. The molecular weight excluding hydrogens is 460 g/mol. The number of aliphatic hydroxyl groups excluding tert-OH is 2. The summed E-state index contributed by atoms with van der Waals surface area (Å²) in [5.74, 6) is 6.55. The SMILES string of the molecule is Nc1ncnc2c1c(C#CCCCCc1cn(Cc3ccccc3)nn1)nn2[C@H]1C[C@H](O)[C@@H](CO)O1. The largest absolute Gasteiger partial charge is 0.394 e. The van der Waals surface area contributed by atoms with Crippen molar-refractivity contribution in [3.05, 3.63) is 59.8 Å². The third-order valence-electron chi connectivity index (χ3n) is 6.14. The Morgan fingerprint density at radius 1 is 1.17 bits per heavy atom. The molecule has 0 saturated carbocycles. The summed E-state index contributed by atoms with van der Waals surface area (Å²) < 4.78 is 9.16. The van der Waals surface area contributed by atoms with Crippen molar-refractivity contribution < 1.29 is 14.9 Å². The van der Waals surface area contributed by atoms with Crippen molar-refractivity contribution in [1.29, 1.82) is 0 Å². The van der Waals surface area contributed by atoms with Crippen molar-refractivity contribution in [2.45, 2.75) is 57.1 Å². The van der Waals surface area contributed by atoms with Crippen LogP contribution in [0.4, 0.5) is 5.82 Å². The summed E-state index contributed by atoms with van der Waals surface area (Å²) in [5.41, 5.74) is 9.21. The average molecular weight is 489 g/mol. The normalized spacial score (nSPS) is 19.4. The number of benzene rings is 1. The van der Waals surface area contributed by atoms with Gasteiger partial charge in [-0.25, -0.2) is 19.3 Å². The van der Waals surface area contributed by atoms with Crippen molar-refractivity contribution in [3.63, 3.8) is 0 Å². The van der Waals surface area contributed by atoms with Gasteiger partial charge in [0.25, 0.3) is 0 Å². The average Bonchev–Trinajstić information content (AvgIpc) is 3.59. The number of nitrogen functional groups attached to an aromatic ring is 1. The summed E-state index contributed by atoms with van der Waals surface area (Å²) in [6, 6.07) is 10.2. The molecule has 4 N–H and O–H groups in total. The number of nitrogens with zero attached hydrogens (tertiary/aromatic N) is 7. The highest BCUT2D eigenvalue weighted by Crippen LogP contribution is 2.32. The number of hydrogen-bond donors (Lipinski definition) is 3. The Labute approximate surface area is 207 Å². The minimum absolute atomic E-state index is 0.274. The predicted molar refractivity (Wildman–Crippen MR) is 131 cm³/mol. The van der Waals surface area contributed by atoms with Gasteiger partial charge in [-0.05, 0) is 30.7 Å². The highest BCUT2D eigenvalue weighted by Gasteiger charge is 2.36. The molecule has 3 aromatic heterocycles. The first-order valence-electron chi connectivity index (χ1n) is 12.0. The number of anilines is 1. The van der Waals surface area contributed by atoms with Gasteiger partial charge in [0.2, 0.25) is 0 Å². The zero-order valence-electron chi connectivity index (χ0n) is 19.7. The molecule has 0 amide bonds. The topological polar surface area (TPSA) is 150 Å². The Morgan fingerprint density at radius 3 is 2.83 bits per heavy atom. The highest BCUT2D eigenvalue weighted by atomic mass is 16.5. The molecule has 186 valence electrons. The molecule has 1 aromatic carbocycles. The van der Waals surface area contributed by atoms with Crippen LogP contribution in [0.1, 0.15) is 48.9 Å². The lowest BCUT2D eigenvalue weighted by molar-refractivity contribution is -0.0470. The summed E-state index contributed by atoms with van der Waals surface area (Å²) in [7, 11) is 0. The maximum absolute atomic E-state index is 10.1. The minimum atomic E-state index is -0.784. The molecule has 4 aromatic rings. The van der Waals surface area contributed by atoms with Crippen LogP contribution in [0.3, 0.4) is 0 Å². The Balaban J connectivity index is 1.19. The number of aromatic nitrogens is 7. The summed E-state index contributed by atoms with van der Waals surface area (Å²) in [4.78, 5) is 8.38. The lowest BCUT2D eigenvalue weighted by Crippen LogP contribution is -2.24. The van der Waals surface area contributed by atoms with Gasteiger partial charge in [-0.3, -0.25) is 0 Å². The van der Waals surface area contributed by atoms with E-state index >= 15 is 0 Å². The minimum Gasteiger partial charge on any atom is -0.394 e.